The predicted molar refractivity (Wildman–Crippen MR) is 85.4 cm³/mol. The molecule has 3 rings (SSSR count). The zero-order valence-electron chi connectivity index (χ0n) is 13.8. The van der Waals surface area contributed by atoms with Gasteiger partial charge in [-0.05, 0) is 12.8 Å². The summed E-state index contributed by atoms with van der Waals surface area (Å²) in [5.74, 6) is 1.45. The molecule has 0 N–H and O–H groups in total. The minimum absolute atomic E-state index is 0.245. The highest BCUT2D eigenvalue weighted by Gasteiger charge is 2.24. The fourth-order valence-corrected chi connectivity index (χ4v) is 2.60. The van der Waals surface area contributed by atoms with Crippen molar-refractivity contribution in [1.29, 1.82) is 0 Å². The Bertz CT molecular complexity index is 635. The molecule has 0 aliphatic carbocycles. The van der Waals surface area contributed by atoms with Crippen LogP contribution in [-0.4, -0.2) is 58.8 Å². The molecule has 1 unspecified atom stereocenters. The summed E-state index contributed by atoms with van der Waals surface area (Å²) in [4.78, 5) is 22.9. The lowest BCUT2D eigenvalue weighted by Crippen LogP contribution is -2.38. The Morgan fingerprint density at radius 2 is 1.92 bits per heavy atom. The van der Waals surface area contributed by atoms with Crippen molar-refractivity contribution in [2.24, 2.45) is 5.92 Å². The van der Waals surface area contributed by atoms with Crippen molar-refractivity contribution in [2.45, 2.75) is 12.8 Å². The minimum Gasteiger partial charge on any atom is -0.476 e. The molecule has 2 aromatic heterocycles. The maximum absolute atomic E-state index is 5.72. The van der Waals surface area contributed by atoms with E-state index < -0.39 is 0 Å². The van der Waals surface area contributed by atoms with Gasteiger partial charge in [0.1, 0.15) is 0 Å². The lowest BCUT2D eigenvalue weighted by atomic mass is 9.99. The molecule has 1 aliphatic heterocycles. The average molecular weight is 332 g/mol. The average Bonchev–Trinajstić information content (AvgIpc) is 2.67. The van der Waals surface area contributed by atoms with Crippen LogP contribution in [0.2, 0.25) is 0 Å². The minimum atomic E-state index is 0.245. The maximum Gasteiger partial charge on any atom is 0.324 e. The van der Waals surface area contributed by atoms with E-state index in [1.807, 2.05) is 0 Å². The van der Waals surface area contributed by atoms with E-state index in [-0.39, 0.29) is 12.0 Å². The number of methoxy groups -OCH3 is 2. The summed E-state index contributed by atoms with van der Waals surface area (Å²) in [7, 11) is 3.04. The molecular weight excluding hydrogens is 312 g/mol. The van der Waals surface area contributed by atoms with Gasteiger partial charge in [-0.1, -0.05) is 0 Å². The lowest BCUT2D eigenvalue weighted by Gasteiger charge is -2.32. The van der Waals surface area contributed by atoms with Gasteiger partial charge in [-0.2, -0.15) is 9.97 Å². The van der Waals surface area contributed by atoms with Crippen LogP contribution < -0.4 is 19.1 Å². The summed E-state index contributed by atoms with van der Waals surface area (Å²) in [6.07, 6.45) is 6.96. The standard InChI is InChI=1S/C15H20N6O3/c1-22-14-18-13(19-15(20-14)23-2)21-7-3-4-11(9-21)10-24-12-8-16-5-6-17-12/h5-6,8,11H,3-4,7,9-10H2,1-2H3. The Morgan fingerprint density at radius 3 is 2.58 bits per heavy atom. The van der Waals surface area contributed by atoms with Gasteiger partial charge >= 0.3 is 12.0 Å². The number of hydrogen-bond donors (Lipinski definition) is 0. The fraction of sp³-hybridized carbons (Fsp3) is 0.533. The second-order valence-corrected chi connectivity index (χ2v) is 5.42. The summed E-state index contributed by atoms with van der Waals surface area (Å²) in [6, 6.07) is 0.490. The van der Waals surface area contributed by atoms with Crippen LogP contribution in [0.15, 0.2) is 18.6 Å². The van der Waals surface area contributed by atoms with Crippen molar-refractivity contribution in [3.63, 3.8) is 0 Å². The van der Waals surface area contributed by atoms with Gasteiger partial charge in [0, 0.05) is 31.4 Å². The second kappa shape index (κ2) is 7.71. The third-order valence-corrected chi connectivity index (χ3v) is 3.76. The van der Waals surface area contributed by atoms with Crippen LogP contribution in [0.1, 0.15) is 12.8 Å². The highest BCUT2D eigenvalue weighted by atomic mass is 16.5. The SMILES string of the molecule is COc1nc(OC)nc(N2CCCC(COc3cnccn3)C2)n1. The largest absolute Gasteiger partial charge is 0.476 e. The summed E-state index contributed by atoms with van der Waals surface area (Å²) in [6.45, 7) is 2.24. The van der Waals surface area contributed by atoms with Crippen LogP contribution in [-0.2, 0) is 0 Å². The molecule has 2 aromatic rings. The fourth-order valence-electron chi connectivity index (χ4n) is 2.60. The Morgan fingerprint density at radius 1 is 1.12 bits per heavy atom. The first-order valence-corrected chi connectivity index (χ1v) is 7.76. The Hall–Kier alpha value is -2.71. The van der Waals surface area contributed by atoms with E-state index in [1.165, 1.54) is 14.2 Å². The molecule has 0 amide bonds. The van der Waals surface area contributed by atoms with Gasteiger partial charge in [0.25, 0.3) is 0 Å². The summed E-state index contributed by atoms with van der Waals surface area (Å²) >= 11 is 0. The molecular formula is C15H20N6O3. The third-order valence-electron chi connectivity index (χ3n) is 3.76. The molecule has 1 saturated heterocycles. The van der Waals surface area contributed by atoms with Crippen LogP contribution in [0.4, 0.5) is 5.95 Å². The van der Waals surface area contributed by atoms with Gasteiger partial charge in [0.15, 0.2) is 0 Å². The number of ether oxygens (including phenoxy) is 3. The zero-order chi connectivity index (χ0) is 16.8. The summed E-state index contributed by atoms with van der Waals surface area (Å²) < 4.78 is 15.9. The molecule has 3 heterocycles. The Kier molecular flexibility index (Phi) is 5.19. The van der Waals surface area contributed by atoms with Crippen LogP contribution in [0.3, 0.4) is 0 Å². The van der Waals surface area contributed by atoms with E-state index in [4.69, 9.17) is 14.2 Å². The van der Waals surface area contributed by atoms with Crippen LogP contribution >= 0.6 is 0 Å². The van der Waals surface area contributed by atoms with Gasteiger partial charge in [-0.15, -0.1) is 4.98 Å². The third kappa shape index (κ3) is 3.98. The summed E-state index contributed by atoms with van der Waals surface area (Å²) in [5, 5.41) is 0. The van der Waals surface area contributed by atoms with Crippen molar-refractivity contribution >= 4 is 5.95 Å². The monoisotopic (exact) mass is 332 g/mol. The smallest absolute Gasteiger partial charge is 0.324 e. The van der Waals surface area contributed by atoms with Crippen molar-refractivity contribution in [3.8, 4) is 17.9 Å². The number of nitrogens with zero attached hydrogens (tertiary/aromatic N) is 6. The van der Waals surface area contributed by atoms with Crippen LogP contribution in [0.25, 0.3) is 0 Å². The second-order valence-electron chi connectivity index (χ2n) is 5.42. The highest BCUT2D eigenvalue weighted by molar-refractivity contribution is 5.33. The summed E-state index contributed by atoms with van der Waals surface area (Å²) in [5.41, 5.74) is 0. The van der Waals surface area contributed by atoms with E-state index in [1.54, 1.807) is 18.6 Å². The van der Waals surface area contributed by atoms with Crippen molar-refractivity contribution in [2.75, 3.05) is 38.8 Å². The maximum atomic E-state index is 5.72. The Balaban J connectivity index is 1.65. The molecule has 0 saturated carbocycles. The first-order valence-electron chi connectivity index (χ1n) is 7.76. The Labute approximate surface area is 140 Å². The van der Waals surface area contributed by atoms with Gasteiger partial charge in [0.05, 0.1) is 27.0 Å². The number of anilines is 1. The molecule has 0 aromatic carbocycles. The van der Waals surface area contributed by atoms with Crippen molar-refractivity contribution in [1.82, 2.24) is 24.9 Å². The number of hydrogen-bond acceptors (Lipinski definition) is 9. The molecule has 1 atom stereocenters. The van der Waals surface area contributed by atoms with Crippen molar-refractivity contribution in [3.05, 3.63) is 18.6 Å². The van der Waals surface area contributed by atoms with Gasteiger partial charge in [-0.3, -0.25) is 4.98 Å². The van der Waals surface area contributed by atoms with Crippen LogP contribution in [0, 0.1) is 5.92 Å². The van der Waals surface area contributed by atoms with Crippen LogP contribution in [0.5, 0.6) is 17.9 Å². The van der Waals surface area contributed by atoms with E-state index in [2.05, 4.69) is 29.8 Å². The van der Waals surface area contributed by atoms with Gasteiger partial charge in [0.2, 0.25) is 11.8 Å². The molecule has 1 fully saturated rings. The quantitative estimate of drug-likeness (QED) is 0.766. The zero-order valence-corrected chi connectivity index (χ0v) is 13.8. The molecule has 0 radical (unpaired) electrons. The topological polar surface area (TPSA) is 95.4 Å². The first-order chi connectivity index (χ1) is 11.8. The lowest BCUT2D eigenvalue weighted by molar-refractivity contribution is 0.220. The number of piperidine rings is 1. The first kappa shape index (κ1) is 16.2. The highest BCUT2D eigenvalue weighted by Crippen LogP contribution is 2.23. The molecule has 9 nitrogen and oxygen atoms in total. The number of rotatable bonds is 6. The van der Waals surface area contributed by atoms with Gasteiger partial charge < -0.3 is 19.1 Å². The van der Waals surface area contributed by atoms with Gasteiger partial charge in [-0.25, -0.2) is 4.98 Å². The molecule has 0 spiro atoms. The molecule has 9 heteroatoms. The molecule has 0 bridgehead atoms. The molecule has 128 valence electrons. The number of aromatic nitrogens is 5. The van der Waals surface area contributed by atoms with E-state index in [0.717, 1.165) is 25.9 Å². The van der Waals surface area contributed by atoms with E-state index >= 15 is 0 Å². The van der Waals surface area contributed by atoms with E-state index in [9.17, 15) is 0 Å². The molecule has 24 heavy (non-hydrogen) atoms. The van der Waals surface area contributed by atoms with E-state index in [0.29, 0.717) is 24.4 Å². The molecule has 1 aliphatic rings. The van der Waals surface area contributed by atoms with Crippen molar-refractivity contribution < 1.29 is 14.2 Å². The predicted octanol–water partition coefficient (Wildman–Crippen LogP) is 0.974. The normalized spacial score (nSPS) is 17.4.